The van der Waals surface area contributed by atoms with Gasteiger partial charge in [0.2, 0.25) is 5.91 Å². The number of rotatable bonds is 5. The fourth-order valence-corrected chi connectivity index (χ4v) is 3.63. The molecule has 1 aliphatic rings. The smallest absolute Gasteiger partial charge is 0.253 e. The molecule has 0 unspecified atom stereocenters. The SMILES string of the molecule is CSC[C@H](C)NC(=O)[C@@]1(C)CCCN(C(=O)c2ccccc2)C1. The second-order valence-corrected chi connectivity index (χ2v) is 7.50. The maximum absolute atomic E-state index is 12.7. The van der Waals surface area contributed by atoms with E-state index in [9.17, 15) is 9.59 Å². The van der Waals surface area contributed by atoms with Crippen LogP contribution in [-0.4, -0.2) is 47.9 Å². The molecule has 1 saturated heterocycles. The lowest BCUT2D eigenvalue weighted by Crippen LogP contribution is -2.53. The topological polar surface area (TPSA) is 49.4 Å². The summed E-state index contributed by atoms with van der Waals surface area (Å²) in [5, 5.41) is 3.09. The number of thioether (sulfide) groups is 1. The van der Waals surface area contributed by atoms with Crippen molar-refractivity contribution in [3.05, 3.63) is 35.9 Å². The fraction of sp³-hybridized carbons (Fsp3) is 0.556. The Morgan fingerprint density at radius 1 is 1.35 bits per heavy atom. The van der Waals surface area contributed by atoms with Gasteiger partial charge in [-0.15, -0.1) is 0 Å². The van der Waals surface area contributed by atoms with Crippen molar-refractivity contribution in [2.45, 2.75) is 32.7 Å². The van der Waals surface area contributed by atoms with E-state index in [1.165, 1.54) is 0 Å². The largest absolute Gasteiger partial charge is 0.352 e. The van der Waals surface area contributed by atoms with Crippen molar-refractivity contribution in [2.24, 2.45) is 5.41 Å². The molecule has 1 aromatic rings. The molecule has 23 heavy (non-hydrogen) atoms. The van der Waals surface area contributed by atoms with Gasteiger partial charge in [0.1, 0.15) is 0 Å². The van der Waals surface area contributed by atoms with Crippen molar-refractivity contribution in [3.63, 3.8) is 0 Å². The summed E-state index contributed by atoms with van der Waals surface area (Å²) in [7, 11) is 0. The molecule has 1 fully saturated rings. The van der Waals surface area contributed by atoms with Crippen LogP contribution in [0.3, 0.4) is 0 Å². The minimum atomic E-state index is -0.505. The molecular formula is C18H26N2O2S. The van der Waals surface area contributed by atoms with Crippen molar-refractivity contribution in [3.8, 4) is 0 Å². The van der Waals surface area contributed by atoms with Crippen LogP contribution in [0.25, 0.3) is 0 Å². The number of benzene rings is 1. The summed E-state index contributed by atoms with van der Waals surface area (Å²) < 4.78 is 0. The van der Waals surface area contributed by atoms with Crippen LogP contribution in [0.4, 0.5) is 0 Å². The van der Waals surface area contributed by atoms with Crippen molar-refractivity contribution in [2.75, 3.05) is 25.1 Å². The molecule has 4 nitrogen and oxygen atoms in total. The Hall–Kier alpha value is -1.49. The number of hydrogen-bond donors (Lipinski definition) is 1. The lowest BCUT2D eigenvalue weighted by atomic mass is 9.80. The normalized spacial score (nSPS) is 22.5. The van der Waals surface area contributed by atoms with Gasteiger partial charge in [-0.2, -0.15) is 11.8 Å². The first-order chi connectivity index (χ1) is 11.0. The maximum Gasteiger partial charge on any atom is 0.253 e. The molecule has 2 rings (SSSR count). The second kappa shape index (κ2) is 7.86. The second-order valence-electron chi connectivity index (χ2n) is 6.59. The minimum absolute atomic E-state index is 0.0153. The van der Waals surface area contributed by atoms with Gasteiger partial charge < -0.3 is 10.2 Å². The Morgan fingerprint density at radius 3 is 2.70 bits per heavy atom. The molecule has 2 atom stereocenters. The molecule has 0 bridgehead atoms. The number of amides is 2. The average Bonchev–Trinajstić information content (AvgIpc) is 2.55. The van der Waals surface area contributed by atoms with Crippen LogP contribution < -0.4 is 5.32 Å². The number of nitrogens with zero attached hydrogens (tertiary/aromatic N) is 1. The van der Waals surface area contributed by atoms with Gasteiger partial charge in [-0.3, -0.25) is 9.59 Å². The van der Waals surface area contributed by atoms with Crippen LogP contribution in [-0.2, 0) is 4.79 Å². The quantitative estimate of drug-likeness (QED) is 0.901. The molecule has 0 aliphatic carbocycles. The predicted molar refractivity (Wildman–Crippen MR) is 95.7 cm³/mol. The Morgan fingerprint density at radius 2 is 2.04 bits per heavy atom. The molecule has 126 valence electrons. The number of hydrogen-bond acceptors (Lipinski definition) is 3. The van der Waals surface area contributed by atoms with E-state index in [0.717, 1.165) is 25.1 Å². The molecular weight excluding hydrogens is 308 g/mol. The van der Waals surface area contributed by atoms with E-state index >= 15 is 0 Å². The summed E-state index contributed by atoms with van der Waals surface area (Å²) in [5.41, 5.74) is 0.183. The zero-order valence-corrected chi connectivity index (χ0v) is 15.0. The molecule has 1 aliphatic heterocycles. The monoisotopic (exact) mass is 334 g/mol. The van der Waals surface area contributed by atoms with Gasteiger partial charge in [0.25, 0.3) is 5.91 Å². The number of likely N-dealkylation sites (tertiary alicyclic amines) is 1. The summed E-state index contributed by atoms with van der Waals surface area (Å²) in [5.74, 6) is 0.972. The Balaban J connectivity index is 2.04. The maximum atomic E-state index is 12.7. The van der Waals surface area contributed by atoms with Gasteiger partial charge in [-0.1, -0.05) is 18.2 Å². The molecule has 5 heteroatoms. The van der Waals surface area contributed by atoms with Crippen LogP contribution in [0.1, 0.15) is 37.0 Å². The Bertz CT molecular complexity index is 549. The average molecular weight is 334 g/mol. The highest BCUT2D eigenvalue weighted by atomic mass is 32.2. The van der Waals surface area contributed by atoms with Gasteiger partial charge in [0.15, 0.2) is 0 Å². The predicted octanol–water partition coefficient (Wildman–Crippen LogP) is 2.80. The number of piperidine rings is 1. The van der Waals surface area contributed by atoms with E-state index < -0.39 is 5.41 Å². The molecule has 1 aromatic carbocycles. The van der Waals surface area contributed by atoms with Gasteiger partial charge in [-0.25, -0.2) is 0 Å². The van der Waals surface area contributed by atoms with E-state index in [1.54, 1.807) is 11.8 Å². The summed E-state index contributed by atoms with van der Waals surface area (Å²) in [6.07, 6.45) is 3.72. The summed E-state index contributed by atoms with van der Waals surface area (Å²) in [4.78, 5) is 27.1. The lowest BCUT2D eigenvalue weighted by Gasteiger charge is -2.40. The first kappa shape index (κ1) is 17.9. The molecule has 0 spiro atoms. The molecule has 0 saturated carbocycles. The fourth-order valence-electron chi connectivity index (χ4n) is 3.05. The van der Waals surface area contributed by atoms with Crippen molar-refractivity contribution in [1.82, 2.24) is 10.2 Å². The van der Waals surface area contributed by atoms with Crippen molar-refractivity contribution < 1.29 is 9.59 Å². The number of nitrogens with one attached hydrogen (secondary N) is 1. The van der Waals surface area contributed by atoms with E-state index in [0.29, 0.717) is 12.1 Å². The molecule has 1 heterocycles. The van der Waals surface area contributed by atoms with Gasteiger partial charge in [0.05, 0.1) is 5.41 Å². The third kappa shape index (κ3) is 4.50. The highest BCUT2D eigenvalue weighted by molar-refractivity contribution is 7.98. The third-order valence-electron chi connectivity index (χ3n) is 4.35. The Kier molecular flexibility index (Phi) is 6.10. The molecule has 2 amide bonds. The third-order valence-corrected chi connectivity index (χ3v) is 5.18. The standard InChI is InChI=1S/C18H26N2O2S/c1-14(12-23-3)19-17(22)18(2)10-7-11-20(13-18)16(21)15-8-5-4-6-9-15/h4-6,8-9,14H,7,10-13H2,1-3H3,(H,19,22)/t14-,18-/m0/s1. The highest BCUT2D eigenvalue weighted by Gasteiger charge is 2.39. The van der Waals surface area contributed by atoms with E-state index in [1.807, 2.05) is 55.3 Å². The van der Waals surface area contributed by atoms with E-state index in [2.05, 4.69) is 5.32 Å². The first-order valence-corrected chi connectivity index (χ1v) is 9.50. The van der Waals surface area contributed by atoms with Crippen LogP contribution in [0.2, 0.25) is 0 Å². The molecule has 0 radical (unpaired) electrons. The van der Waals surface area contributed by atoms with E-state index in [4.69, 9.17) is 0 Å². The van der Waals surface area contributed by atoms with Crippen LogP contribution >= 0.6 is 11.8 Å². The van der Waals surface area contributed by atoms with Gasteiger partial charge in [-0.05, 0) is 45.1 Å². The number of carbonyl (C=O) groups excluding carboxylic acids is 2. The first-order valence-electron chi connectivity index (χ1n) is 8.10. The van der Waals surface area contributed by atoms with Crippen LogP contribution in [0.15, 0.2) is 30.3 Å². The summed E-state index contributed by atoms with van der Waals surface area (Å²) >= 11 is 1.72. The Labute approximate surface area is 143 Å². The van der Waals surface area contributed by atoms with Crippen LogP contribution in [0, 0.1) is 5.41 Å². The van der Waals surface area contributed by atoms with Crippen molar-refractivity contribution >= 4 is 23.6 Å². The molecule has 0 aromatic heterocycles. The zero-order chi connectivity index (χ0) is 16.9. The summed E-state index contributed by atoms with van der Waals surface area (Å²) in [6, 6.07) is 9.44. The van der Waals surface area contributed by atoms with E-state index in [-0.39, 0.29) is 17.9 Å². The number of carbonyl (C=O) groups is 2. The lowest BCUT2D eigenvalue weighted by molar-refractivity contribution is -0.133. The highest BCUT2D eigenvalue weighted by Crippen LogP contribution is 2.30. The molecule has 1 N–H and O–H groups in total. The zero-order valence-electron chi connectivity index (χ0n) is 14.2. The van der Waals surface area contributed by atoms with Gasteiger partial charge in [0, 0.05) is 30.4 Å². The summed E-state index contributed by atoms with van der Waals surface area (Å²) in [6.45, 7) is 5.20. The van der Waals surface area contributed by atoms with Crippen molar-refractivity contribution in [1.29, 1.82) is 0 Å². The van der Waals surface area contributed by atoms with Crippen LogP contribution in [0.5, 0.6) is 0 Å². The minimum Gasteiger partial charge on any atom is -0.352 e. The van der Waals surface area contributed by atoms with Gasteiger partial charge >= 0.3 is 0 Å².